The zero-order valence-corrected chi connectivity index (χ0v) is 17.8. The topological polar surface area (TPSA) is 72.7 Å². The molecule has 0 N–H and O–H groups in total. The van der Waals surface area contributed by atoms with E-state index in [1.54, 1.807) is 28.8 Å². The number of halogens is 1. The van der Waals surface area contributed by atoms with Crippen LogP contribution in [-0.2, 0) is 17.9 Å². The summed E-state index contributed by atoms with van der Waals surface area (Å²) >= 11 is 0. The van der Waals surface area contributed by atoms with E-state index >= 15 is 0 Å². The summed E-state index contributed by atoms with van der Waals surface area (Å²) in [4.78, 5) is 17.1. The Morgan fingerprint density at radius 3 is 2.47 bits per heavy atom. The number of anilines is 1. The molecule has 1 saturated heterocycles. The molecule has 0 bridgehead atoms. The molecule has 0 radical (unpaired) electrons. The molecule has 0 saturated carbocycles. The molecule has 1 aromatic heterocycles. The Morgan fingerprint density at radius 1 is 1.06 bits per heavy atom. The number of hydrogen-bond acceptors (Lipinski definition) is 6. The van der Waals surface area contributed by atoms with Gasteiger partial charge in [-0.2, -0.15) is 0 Å². The number of fused-ring (bicyclic) bond motifs is 1. The van der Waals surface area contributed by atoms with Crippen LogP contribution in [0.25, 0.3) is 0 Å². The number of carbonyl (C=O) groups excluding carboxylic acids is 1. The van der Waals surface area contributed by atoms with E-state index in [1.807, 2.05) is 24.3 Å². The van der Waals surface area contributed by atoms with Crippen LogP contribution in [0.1, 0.15) is 27.8 Å². The van der Waals surface area contributed by atoms with E-state index in [2.05, 4.69) is 15.2 Å². The summed E-state index contributed by atoms with van der Waals surface area (Å²) in [6, 6.07) is 14.2. The monoisotopic (exact) mass is 437 g/mol. The average molecular weight is 437 g/mol. The minimum absolute atomic E-state index is 0.128. The number of piperazine rings is 1. The lowest BCUT2D eigenvalue weighted by atomic mass is 10.1. The number of nitrogens with zero attached hydrogens (tertiary/aromatic N) is 5. The lowest BCUT2D eigenvalue weighted by Crippen LogP contribution is -2.49. The molecule has 32 heavy (non-hydrogen) atoms. The van der Waals surface area contributed by atoms with Gasteiger partial charge >= 0.3 is 0 Å². The fourth-order valence-corrected chi connectivity index (χ4v) is 4.17. The van der Waals surface area contributed by atoms with Crippen molar-refractivity contribution in [2.24, 2.45) is 0 Å². The van der Waals surface area contributed by atoms with E-state index in [0.29, 0.717) is 44.1 Å². The van der Waals surface area contributed by atoms with Crippen LogP contribution in [0.5, 0.6) is 5.75 Å². The first kappa shape index (κ1) is 20.4. The van der Waals surface area contributed by atoms with Crippen molar-refractivity contribution >= 4 is 11.6 Å². The van der Waals surface area contributed by atoms with Gasteiger partial charge < -0.3 is 19.3 Å². The maximum Gasteiger partial charge on any atom is 0.276 e. The molecule has 2 aliphatic heterocycles. The van der Waals surface area contributed by atoms with E-state index in [9.17, 15) is 9.18 Å². The Balaban J connectivity index is 1.24. The molecule has 8 nitrogen and oxygen atoms in total. The zero-order chi connectivity index (χ0) is 22.1. The highest BCUT2D eigenvalue weighted by Crippen LogP contribution is 2.28. The molecule has 1 amide bonds. The van der Waals surface area contributed by atoms with Gasteiger partial charge in [0.1, 0.15) is 17.7 Å². The van der Waals surface area contributed by atoms with E-state index in [4.69, 9.17) is 9.47 Å². The van der Waals surface area contributed by atoms with Gasteiger partial charge in [0.15, 0.2) is 5.69 Å². The SMILES string of the molecule is COc1ccc([C@H]2Cn3nnc(C(=O)N4CCN(c5ccc(F)cc5)CC4)c3CO2)cc1. The predicted molar refractivity (Wildman–Crippen MR) is 115 cm³/mol. The summed E-state index contributed by atoms with van der Waals surface area (Å²) in [5.74, 6) is 0.408. The standard InChI is InChI=1S/C23H24FN5O3/c1-31-19-8-2-16(3-9-19)21-14-29-20(15-32-21)22(25-26-29)23(30)28-12-10-27(11-13-28)18-6-4-17(24)5-7-18/h2-9,21H,10-15H2,1H3/t21-/m1/s1. The second kappa shape index (κ2) is 8.58. The van der Waals surface area contributed by atoms with Crippen molar-refractivity contribution in [1.29, 1.82) is 0 Å². The zero-order valence-electron chi connectivity index (χ0n) is 17.8. The molecule has 2 aromatic carbocycles. The number of aromatic nitrogens is 3. The maximum absolute atomic E-state index is 13.2. The van der Waals surface area contributed by atoms with Crippen LogP contribution >= 0.6 is 0 Å². The summed E-state index contributed by atoms with van der Waals surface area (Å²) in [6.45, 7) is 3.27. The second-order valence-electron chi connectivity index (χ2n) is 7.90. The predicted octanol–water partition coefficient (Wildman–Crippen LogP) is 2.66. The van der Waals surface area contributed by atoms with Crippen molar-refractivity contribution in [3.63, 3.8) is 0 Å². The molecule has 0 spiro atoms. The minimum atomic E-state index is -0.254. The number of amides is 1. The van der Waals surface area contributed by atoms with E-state index in [0.717, 1.165) is 17.0 Å². The van der Waals surface area contributed by atoms with Crippen molar-refractivity contribution < 1.29 is 18.7 Å². The van der Waals surface area contributed by atoms with Crippen LogP contribution in [0.4, 0.5) is 10.1 Å². The van der Waals surface area contributed by atoms with Crippen molar-refractivity contribution in [1.82, 2.24) is 19.9 Å². The van der Waals surface area contributed by atoms with Gasteiger partial charge in [-0.1, -0.05) is 17.3 Å². The Kier molecular flexibility index (Phi) is 5.48. The molecule has 9 heteroatoms. The second-order valence-corrected chi connectivity index (χ2v) is 7.90. The van der Waals surface area contributed by atoms with Crippen LogP contribution in [0, 0.1) is 5.82 Å². The summed E-state index contributed by atoms with van der Waals surface area (Å²) in [5, 5.41) is 8.40. The molecule has 0 unspecified atom stereocenters. The summed E-state index contributed by atoms with van der Waals surface area (Å²) in [7, 11) is 1.63. The number of rotatable bonds is 4. The number of ether oxygens (including phenoxy) is 2. The lowest BCUT2D eigenvalue weighted by molar-refractivity contribution is -0.00198. The van der Waals surface area contributed by atoms with Crippen molar-refractivity contribution in [3.05, 3.63) is 71.3 Å². The molecule has 5 rings (SSSR count). The van der Waals surface area contributed by atoms with Crippen LogP contribution in [0.2, 0.25) is 0 Å². The van der Waals surface area contributed by atoms with Gasteiger partial charge in [0.05, 0.1) is 26.0 Å². The van der Waals surface area contributed by atoms with E-state index < -0.39 is 0 Å². The molecule has 166 valence electrons. The van der Waals surface area contributed by atoms with Crippen LogP contribution in [0.15, 0.2) is 48.5 Å². The molecule has 3 heterocycles. The Labute approximate surface area is 185 Å². The first-order chi connectivity index (χ1) is 15.6. The molecule has 1 fully saturated rings. The van der Waals surface area contributed by atoms with Gasteiger partial charge in [0, 0.05) is 31.9 Å². The van der Waals surface area contributed by atoms with Gasteiger partial charge in [-0.25, -0.2) is 9.07 Å². The third kappa shape index (κ3) is 3.91. The van der Waals surface area contributed by atoms with Gasteiger partial charge in [0.2, 0.25) is 0 Å². The van der Waals surface area contributed by atoms with Crippen LogP contribution < -0.4 is 9.64 Å². The number of methoxy groups -OCH3 is 1. The van der Waals surface area contributed by atoms with Crippen LogP contribution in [0.3, 0.4) is 0 Å². The highest BCUT2D eigenvalue weighted by atomic mass is 19.1. The van der Waals surface area contributed by atoms with Crippen molar-refractivity contribution in [2.45, 2.75) is 19.3 Å². The molecule has 2 aliphatic rings. The third-order valence-corrected chi connectivity index (χ3v) is 6.05. The fourth-order valence-electron chi connectivity index (χ4n) is 4.17. The highest BCUT2D eigenvalue weighted by Gasteiger charge is 2.31. The number of carbonyl (C=O) groups is 1. The first-order valence-corrected chi connectivity index (χ1v) is 10.6. The van der Waals surface area contributed by atoms with Gasteiger partial charge in [-0.3, -0.25) is 4.79 Å². The van der Waals surface area contributed by atoms with Gasteiger partial charge in [0.25, 0.3) is 5.91 Å². The molecular formula is C23H24FN5O3. The Bertz CT molecular complexity index is 1090. The summed E-state index contributed by atoms with van der Waals surface area (Å²) in [6.07, 6.45) is -0.155. The van der Waals surface area contributed by atoms with E-state index in [-0.39, 0.29) is 24.4 Å². The fraction of sp³-hybridized carbons (Fsp3) is 0.348. The normalized spacial score (nSPS) is 18.4. The molecular weight excluding hydrogens is 413 g/mol. The quantitative estimate of drug-likeness (QED) is 0.625. The molecule has 1 atom stereocenters. The summed E-state index contributed by atoms with van der Waals surface area (Å²) in [5.41, 5.74) is 3.04. The largest absolute Gasteiger partial charge is 0.497 e. The molecule has 3 aromatic rings. The highest BCUT2D eigenvalue weighted by molar-refractivity contribution is 5.93. The van der Waals surface area contributed by atoms with Gasteiger partial charge in [-0.15, -0.1) is 5.10 Å². The third-order valence-electron chi connectivity index (χ3n) is 6.05. The number of hydrogen-bond donors (Lipinski definition) is 0. The maximum atomic E-state index is 13.2. The van der Waals surface area contributed by atoms with Crippen molar-refractivity contribution in [3.8, 4) is 5.75 Å². The lowest BCUT2D eigenvalue weighted by Gasteiger charge is -2.36. The van der Waals surface area contributed by atoms with E-state index in [1.165, 1.54) is 12.1 Å². The van der Waals surface area contributed by atoms with Crippen molar-refractivity contribution in [2.75, 3.05) is 38.2 Å². The minimum Gasteiger partial charge on any atom is -0.497 e. The summed E-state index contributed by atoms with van der Waals surface area (Å²) < 4.78 is 26.2. The Hall–Kier alpha value is -3.46. The Morgan fingerprint density at radius 2 is 1.78 bits per heavy atom. The average Bonchev–Trinajstić information content (AvgIpc) is 3.27. The number of benzene rings is 2. The van der Waals surface area contributed by atoms with Crippen LogP contribution in [-0.4, -0.2) is 59.1 Å². The molecule has 0 aliphatic carbocycles. The first-order valence-electron chi connectivity index (χ1n) is 10.6. The smallest absolute Gasteiger partial charge is 0.276 e. The van der Waals surface area contributed by atoms with Gasteiger partial charge in [-0.05, 0) is 42.0 Å².